The van der Waals surface area contributed by atoms with Crippen LogP contribution in [0, 0.1) is 0 Å². The average Bonchev–Trinajstić information content (AvgIpc) is 2.46. The minimum absolute atomic E-state index is 0.0656. The van der Waals surface area contributed by atoms with E-state index >= 15 is 0 Å². The number of nitrogens with two attached hydrogens (primary N) is 1. The zero-order chi connectivity index (χ0) is 15.2. The monoisotopic (exact) mass is 302 g/mol. The third-order valence-corrected chi connectivity index (χ3v) is 3.96. The lowest BCUT2D eigenvalue weighted by atomic mass is 10.2. The summed E-state index contributed by atoms with van der Waals surface area (Å²) in [6.45, 7) is 1.50. The molecule has 0 fully saturated rings. The van der Waals surface area contributed by atoms with Gasteiger partial charge in [-0.1, -0.05) is 6.07 Å². The number of nitrogens with one attached hydrogen (secondary N) is 1. The van der Waals surface area contributed by atoms with E-state index in [9.17, 15) is 4.79 Å². The van der Waals surface area contributed by atoms with Crippen molar-refractivity contribution in [2.75, 3.05) is 18.2 Å². The number of nitrogen functional groups attached to an aromatic ring is 1. The van der Waals surface area contributed by atoms with Crippen LogP contribution in [0.1, 0.15) is 12.5 Å². The molecule has 110 valence electrons. The van der Waals surface area contributed by atoms with Gasteiger partial charge in [0.2, 0.25) is 5.91 Å². The molecule has 5 heteroatoms. The van der Waals surface area contributed by atoms with Crippen LogP contribution in [0.4, 0.5) is 11.4 Å². The van der Waals surface area contributed by atoms with Crippen LogP contribution in [0.2, 0.25) is 0 Å². The van der Waals surface area contributed by atoms with E-state index in [0.717, 1.165) is 21.9 Å². The Labute approximate surface area is 128 Å². The van der Waals surface area contributed by atoms with Crippen molar-refractivity contribution in [3.05, 3.63) is 48.0 Å². The number of rotatable bonds is 5. The summed E-state index contributed by atoms with van der Waals surface area (Å²) < 4.78 is 5.14. The molecule has 4 nitrogen and oxygen atoms in total. The van der Waals surface area contributed by atoms with Crippen molar-refractivity contribution >= 4 is 29.0 Å². The van der Waals surface area contributed by atoms with Crippen LogP contribution in [0.15, 0.2) is 47.4 Å². The van der Waals surface area contributed by atoms with Gasteiger partial charge in [-0.2, -0.15) is 0 Å². The fourth-order valence-electron chi connectivity index (χ4n) is 1.88. The topological polar surface area (TPSA) is 64.3 Å². The number of carbonyl (C=O) groups is 1. The Morgan fingerprint density at radius 2 is 1.95 bits per heavy atom. The number of hydrogen-bond acceptors (Lipinski definition) is 4. The first-order chi connectivity index (χ1) is 10.1. The molecule has 0 radical (unpaired) electrons. The Morgan fingerprint density at radius 3 is 2.52 bits per heavy atom. The third-order valence-electron chi connectivity index (χ3n) is 2.87. The first kappa shape index (κ1) is 15.3. The Balaban J connectivity index is 1.96. The van der Waals surface area contributed by atoms with Gasteiger partial charge in [0.05, 0.1) is 12.8 Å². The molecular weight excluding hydrogens is 284 g/mol. The second kappa shape index (κ2) is 7.04. The number of carbonyl (C=O) groups excluding carboxylic acids is 1. The number of hydrogen-bond donors (Lipinski definition) is 2. The van der Waals surface area contributed by atoms with Gasteiger partial charge >= 0.3 is 0 Å². The predicted molar refractivity (Wildman–Crippen MR) is 87.7 cm³/mol. The van der Waals surface area contributed by atoms with Crippen molar-refractivity contribution in [1.82, 2.24) is 0 Å². The van der Waals surface area contributed by atoms with Crippen molar-refractivity contribution in [1.29, 1.82) is 0 Å². The second-order valence-corrected chi connectivity index (χ2v) is 5.62. The molecule has 0 aliphatic heterocycles. The van der Waals surface area contributed by atoms with Gasteiger partial charge in [0, 0.05) is 23.3 Å². The van der Waals surface area contributed by atoms with Crippen molar-refractivity contribution in [3.8, 4) is 5.75 Å². The van der Waals surface area contributed by atoms with Gasteiger partial charge in [-0.25, -0.2) is 0 Å². The number of amides is 1. The van der Waals surface area contributed by atoms with Gasteiger partial charge in [-0.15, -0.1) is 11.8 Å². The number of thioether (sulfide) groups is 1. The Morgan fingerprint density at radius 1 is 1.24 bits per heavy atom. The summed E-state index contributed by atoms with van der Waals surface area (Å²) in [7, 11) is 1.61. The molecule has 0 saturated heterocycles. The first-order valence-electron chi connectivity index (χ1n) is 6.51. The standard InChI is InChI=1S/C16H18N2O2S/c1-11(19)18-13-4-6-14(7-5-13)21-10-12-3-8-16(20-2)15(17)9-12/h3-9H,10,17H2,1-2H3,(H,18,19). The van der Waals surface area contributed by atoms with Crippen LogP contribution < -0.4 is 15.8 Å². The highest BCUT2D eigenvalue weighted by Gasteiger charge is 2.02. The summed E-state index contributed by atoms with van der Waals surface area (Å²) in [5.41, 5.74) is 8.49. The van der Waals surface area contributed by atoms with Crippen molar-refractivity contribution in [2.45, 2.75) is 17.6 Å². The maximum absolute atomic E-state index is 11.0. The lowest BCUT2D eigenvalue weighted by Crippen LogP contribution is -2.05. The molecule has 21 heavy (non-hydrogen) atoms. The van der Waals surface area contributed by atoms with Crippen molar-refractivity contribution in [2.24, 2.45) is 0 Å². The molecule has 3 N–H and O–H groups in total. The SMILES string of the molecule is COc1ccc(CSc2ccc(NC(C)=O)cc2)cc1N. The van der Waals surface area contributed by atoms with Gasteiger partial charge in [-0.05, 0) is 42.0 Å². The Bertz CT molecular complexity index is 627. The lowest BCUT2D eigenvalue weighted by Gasteiger charge is -2.08. The van der Waals surface area contributed by atoms with E-state index in [1.807, 2.05) is 42.5 Å². The van der Waals surface area contributed by atoms with Gasteiger partial charge in [-0.3, -0.25) is 4.79 Å². The van der Waals surface area contributed by atoms with E-state index in [2.05, 4.69) is 5.32 Å². The molecule has 2 aromatic rings. The number of anilines is 2. The van der Waals surface area contributed by atoms with E-state index in [1.165, 1.54) is 6.92 Å². The largest absolute Gasteiger partial charge is 0.495 e. The van der Waals surface area contributed by atoms with Crippen LogP contribution >= 0.6 is 11.8 Å². The summed E-state index contributed by atoms with van der Waals surface area (Å²) in [5.74, 6) is 1.46. The molecule has 0 aliphatic carbocycles. The Hall–Kier alpha value is -2.14. The fraction of sp³-hybridized carbons (Fsp3) is 0.188. The zero-order valence-electron chi connectivity index (χ0n) is 12.1. The molecule has 0 saturated carbocycles. The molecule has 1 amide bonds. The highest BCUT2D eigenvalue weighted by Crippen LogP contribution is 2.28. The van der Waals surface area contributed by atoms with Crippen molar-refractivity contribution < 1.29 is 9.53 Å². The quantitative estimate of drug-likeness (QED) is 0.655. The maximum atomic E-state index is 11.0. The summed E-state index contributed by atoms with van der Waals surface area (Å²) in [4.78, 5) is 12.1. The Kier molecular flexibility index (Phi) is 5.11. The van der Waals surface area contributed by atoms with Gasteiger partial charge in [0.25, 0.3) is 0 Å². The second-order valence-electron chi connectivity index (χ2n) is 4.57. The van der Waals surface area contributed by atoms with Gasteiger partial charge in [0.1, 0.15) is 5.75 Å². The van der Waals surface area contributed by atoms with Gasteiger partial charge < -0.3 is 15.8 Å². The predicted octanol–water partition coefficient (Wildman–Crippen LogP) is 3.53. The van der Waals surface area contributed by atoms with Crippen LogP contribution in [0.5, 0.6) is 5.75 Å². The zero-order valence-corrected chi connectivity index (χ0v) is 12.9. The number of ether oxygens (including phenoxy) is 1. The molecule has 0 aliphatic rings. The molecule has 0 unspecified atom stereocenters. The molecular formula is C16H18N2O2S. The van der Waals surface area contributed by atoms with E-state index in [0.29, 0.717) is 11.4 Å². The van der Waals surface area contributed by atoms with E-state index in [4.69, 9.17) is 10.5 Å². The molecule has 0 heterocycles. The van der Waals surface area contributed by atoms with E-state index in [-0.39, 0.29) is 5.91 Å². The fourth-order valence-corrected chi connectivity index (χ4v) is 2.72. The molecule has 0 spiro atoms. The minimum atomic E-state index is -0.0656. The highest BCUT2D eigenvalue weighted by atomic mass is 32.2. The smallest absolute Gasteiger partial charge is 0.221 e. The third kappa shape index (κ3) is 4.43. The van der Waals surface area contributed by atoms with Crippen LogP contribution in [0.3, 0.4) is 0 Å². The molecule has 2 aromatic carbocycles. The molecule has 0 atom stereocenters. The van der Waals surface area contributed by atoms with E-state index < -0.39 is 0 Å². The summed E-state index contributed by atoms with van der Waals surface area (Å²) in [6, 6.07) is 13.6. The van der Waals surface area contributed by atoms with Crippen LogP contribution in [-0.2, 0) is 10.5 Å². The average molecular weight is 302 g/mol. The van der Waals surface area contributed by atoms with Crippen LogP contribution in [0.25, 0.3) is 0 Å². The maximum Gasteiger partial charge on any atom is 0.221 e. The van der Waals surface area contributed by atoms with Crippen LogP contribution in [-0.4, -0.2) is 13.0 Å². The minimum Gasteiger partial charge on any atom is -0.495 e. The number of benzene rings is 2. The molecule has 0 bridgehead atoms. The molecule has 2 rings (SSSR count). The number of methoxy groups -OCH3 is 1. The lowest BCUT2D eigenvalue weighted by molar-refractivity contribution is -0.114. The van der Waals surface area contributed by atoms with E-state index in [1.54, 1.807) is 18.9 Å². The molecule has 0 aromatic heterocycles. The highest BCUT2D eigenvalue weighted by molar-refractivity contribution is 7.98. The van der Waals surface area contributed by atoms with Crippen molar-refractivity contribution in [3.63, 3.8) is 0 Å². The summed E-state index contributed by atoms with van der Waals surface area (Å²) in [5, 5.41) is 2.75. The summed E-state index contributed by atoms with van der Waals surface area (Å²) in [6.07, 6.45) is 0. The summed E-state index contributed by atoms with van der Waals surface area (Å²) >= 11 is 1.71. The normalized spacial score (nSPS) is 10.2. The first-order valence-corrected chi connectivity index (χ1v) is 7.50. The van der Waals surface area contributed by atoms with Gasteiger partial charge in [0.15, 0.2) is 0 Å².